The lowest BCUT2D eigenvalue weighted by Crippen LogP contribution is -2.29. The molecule has 0 unspecified atom stereocenters. The molecule has 0 atom stereocenters. The van der Waals surface area contributed by atoms with Crippen LogP contribution in [-0.2, 0) is 0 Å². The molecule has 0 heterocycles. The topological polar surface area (TPSA) is 34.1 Å². The van der Waals surface area contributed by atoms with Crippen molar-refractivity contribution < 1.29 is 9.59 Å². The first-order chi connectivity index (χ1) is 14.8. The van der Waals surface area contributed by atoms with Crippen molar-refractivity contribution in [2.45, 2.75) is 11.8 Å². The highest BCUT2D eigenvalue weighted by Crippen LogP contribution is 2.51. The number of ketones is 2. The summed E-state index contributed by atoms with van der Waals surface area (Å²) in [6.45, 7) is 0. The van der Waals surface area contributed by atoms with Crippen molar-refractivity contribution in [2.75, 3.05) is 0 Å². The minimum absolute atomic E-state index is 0.0366. The van der Waals surface area contributed by atoms with Crippen LogP contribution in [0.15, 0.2) is 97.1 Å². The quantitative estimate of drug-likeness (QED) is 0.418. The molecule has 0 saturated carbocycles. The van der Waals surface area contributed by atoms with E-state index < -0.39 is 0 Å². The van der Waals surface area contributed by atoms with E-state index in [4.69, 9.17) is 0 Å². The van der Waals surface area contributed by atoms with Gasteiger partial charge in [0.1, 0.15) is 0 Å². The van der Waals surface area contributed by atoms with Gasteiger partial charge < -0.3 is 0 Å². The van der Waals surface area contributed by atoms with Crippen LogP contribution in [0.3, 0.4) is 0 Å². The molecule has 6 rings (SSSR count). The first kappa shape index (κ1) is 17.1. The van der Waals surface area contributed by atoms with Crippen molar-refractivity contribution in [3.63, 3.8) is 0 Å². The van der Waals surface area contributed by atoms with Crippen molar-refractivity contribution >= 4 is 11.6 Å². The zero-order chi connectivity index (χ0) is 20.2. The van der Waals surface area contributed by atoms with E-state index in [1.165, 1.54) is 0 Å². The Bertz CT molecular complexity index is 1140. The highest BCUT2D eigenvalue weighted by Gasteiger charge is 2.41. The molecule has 142 valence electrons. The molecule has 2 aliphatic rings. The Balaban J connectivity index is 1.70. The van der Waals surface area contributed by atoms with Crippen LogP contribution in [-0.4, -0.2) is 11.6 Å². The van der Waals surface area contributed by atoms with Crippen molar-refractivity contribution in [1.29, 1.82) is 0 Å². The molecule has 0 saturated heterocycles. The van der Waals surface area contributed by atoms with Gasteiger partial charge in [0.2, 0.25) is 0 Å². The van der Waals surface area contributed by atoms with Crippen LogP contribution in [0.5, 0.6) is 0 Å². The molecule has 0 aromatic heterocycles. The number of carbonyl (C=O) groups is 2. The van der Waals surface area contributed by atoms with Gasteiger partial charge in [-0.05, 0) is 22.3 Å². The third-order valence-corrected chi connectivity index (χ3v) is 6.50. The lowest BCUT2D eigenvalue weighted by atomic mass is 9.64. The van der Waals surface area contributed by atoms with E-state index in [1.807, 2.05) is 72.8 Å². The standard InChI is InChI=1S/C28H18O2/c29-27-21-13-5-1-9-17(21)25(18-10-2-6-14-22(18)27)26-19-11-3-7-15-23(19)28(30)24-16-8-4-12-20(24)26/h1-16,25-26H. The van der Waals surface area contributed by atoms with E-state index >= 15 is 0 Å². The van der Waals surface area contributed by atoms with Gasteiger partial charge in [-0.15, -0.1) is 0 Å². The monoisotopic (exact) mass is 386 g/mol. The molecule has 0 fully saturated rings. The van der Waals surface area contributed by atoms with E-state index in [1.54, 1.807) is 0 Å². The Morgan fingerprint density at radius 3 is 0.867 bits per heavy atom. The molecule has 0 N–H and O–H groups in total. The number of rotatable bonds is 1. The van der Waals surface area contributed by atoms with Gasteiger partial charge in [0.15, 0.2) is 11.6 Å². The maximum Gasteiger partial charge on any atom is 0.193 e. The maximum absolute atomic E-state index is 13.2. The lowest BCUT2D eigenvalue weighted by molar-refractivity contribution is 0.102. The minimum atomic E-state index is -0.0366. The van der Waals surface area contributed by atoms with Crippen LogP contribution < -0.4 is 0 Å². The predicted octanol–water partition coefficient (Wildman–Crippen LogP) is 5.74. The molecule has 2 nitrogen and oxygen atoms in total. The molecule has 0 aliphatic heterocycles. The molecule has 4 aromatic carbocycles. The number of fused-ring (bicyclic) bond motifs is 4. The number of hydrogen-bond acceptors (Lipinski definition) is 2. The lowest BCUT2D eigenvalue weighted by Gasteiger charge is -2.37. The predicted molar refractivity (Wildman–Crippen MR) is 116 cm³/mol. The fourth-order valence-corrected chi connectivity index (χ4v) is 5.24. The van der Waals surface area contributed by atoms with Crippen LogP contribution in [0.2, 0.25) is 0 Å². The second-order valence-electron chi connectivity index (χ2n) is 7.96. The molecule has 0 bridgehead atoms. The summed E-state index contributed by atoms with van der Waals surface area (Å²) >= 11 is 0. The zero-order valence-electron chi connectivity index (χ0n) is 16.2. The molecule has 2 aliphatic carbocycles. The third-order valence-electron chi connectivity index (χ3n) is 6.50. The summed E-state index contributed by atoms with van der Waals surface area (Å²) in [4.78, 5) is 26.5. The highest BCUT2D eigenvalue weighted by molar-refractivity contribution is 6.14. The summed E-state index contributed by atoms with van der Waals surface area (Å²) in [5, 5.41) is 0. The number of carbonyl (C=O) groups excluding carboxylic acids is 2. The van der Waals surface area contributed by atoms with Crippen LogP contribution in [0.25, 0.3) is 0 Å². The van der Waals surface area contributed by atoms with Gasteiger partial charge in [-0.3, -0.25) is 9.59 Å². The normalized spacial score (nSPS) is 15.2. The largest absolute Gasteiger partial charge is 0.289 e. The van der Waals surface area contributed by atoms with Crippen LogP contribution in [0, 0.1) is 0 Å². The van der Waals surface area contributed by atoms with Gasteiger partial charge in [-0.1, -0.05) is 97.1 Å². The molecule has 0 spiro atoms. The Hall–Kier alpha value is -3.78. The van der Waals surface area contributed by atoms with Crippen molar-refractivity contribution in [3.8, 4) is 0 Å². The van der Waals surface area contributed by atoms with Crippen LogP contribution >= 0.6 is 0 Å². The molecule has 0 radical (unpaired) electrons. The van der Waals surface area contributed by atoms with Gasteiger partial charge >= 0.3 is 0 Å². The maximum atomic E-state index is 13.2. The molecule has 30 heavy (non-hydrogen) atoms. The van der Waals surface area contributed by atoms with E-state index in [2.05, 4.69) is 24.3 Å². The first-order valence-corrected chi connectivity index (χ1v) is 10.2. The Morgan fingerprint density at radius 2 is 0.600 bits per heavy atom. The summed E-state index contributed by atoms with van der Waals surface area (Å²) in [7, 11) is 0. The molecular formula is C28H18O2. The molecule has 2 heteroatoms. The van der Waals surface area contributed by atoms with Crippen molar-refractivity contribution in [2.24, 2.45) is 0 Å². The summed E-state index contributed by atoms with van der Waals surface area (Å²) in [6, 6.07) is 31.6. The van der Waals surface area contributed by atoms with Gasteiger partial charge in [0.25, 0.3) is 0 Å². The Kier molecular flexibility index (Phi) is 3.63. The van der Waals surface area contributed by atoms with Crippen LogP contribution in [0.1, 0.15) is 65.9 Å². The van der Waals surface area contributed by atoms with E-state index in [9.17, 15) is 9.59 Å². The van der Waals surface area contributed by atoms with E-state index in [0.29, 0.717) is 0 Å². The molecular weight excluding hydrogens is 368 g/mol. The molecule has 0 amide bonds. The van der Waals surface area contributed by atoms with Gasteiger partial charge in [-0.2, -0.15) is 0 Å². The minimum Gasteiger partial charge on any atom is -0.289 e. The van der Waals surface area contributed by atoms with Gasteiger partial charge in [-0.25, -0.2) is 0 Å². The van der Waals surface area contributed by atoms with E-state index in [-0.39, 0.29) is 23.4 Å². The zero-order valence-corrected chi connectivity index (χ0v) is 16.2. The average molecular weight is 386 g/mol. The summed E-state index contributed by atoms with van der Waals surface area (Å²) < 4.78 is 0. The second-order valence-corrected chi connectivity index (χ2v) is 7.96. The summed E-state index contributed by atoms with van der Waals surface area (Å²) in [5.74, 6) is 0.0767. The summed E-state index contributed by atoms with van der Waals surface area (Å²) in [6.07, 6.45) is 0. The SMILES string of the molecule is O=C1c2ccccc2C(C2c3ccccc3C(=O)c3ccccc32)c2ccccc21. The van der Waals surface area contributed by atoms with Crippen LogP contribution in [0.4, 0.5) is 0 Å². The third kappa shape index (κ3) is 2.25. The number of hydrogen-bond donors (Lipinski definition) is 0. The fourth-order valence-electron chi connectivity index (χ4n) is 5.24. The van der Waals surface area contributed by atoms with Crippen molar-refractivity contribution in [3.05, 3.63) is 142 Å². The molecule has 4 aromatic rings. The van der Waals surface area contributed by atoms with Gasteiger partial charge in [0.05, 0.1) is 0 Å². The fraction of sp³-hybridized carbons (Fsp3) is 0.0714. The Labute approximate surface area is 174 Å². The number of benzene rings is 4. The summed E-state index contributed by atoms with van der Waals surface area (Å²) in [5.41, 5.74) is 7.16. The van der Waals surface area contributed by atoms with Gasteiger partial charge in [0, 0.05) is 34.1 Å². The second kappa shape index (κ2) is 6.36. The van der Waals surface area contributed by atoms with Crippen molar-refractivity contribution in [1.82, 2.24) is 0 Å². The average Bonchev–Trinajstić information content (AvgIpc) is 2.81. The van der Waals surface area contributed by atoms with E-state index in [0.717, 1.165) is 44.5 Å². The highest BCUT2D eigenvalue weighted by atomic mass is 16.1. The Morgan fingerprint density at radius 1 is 0.367 bits per heavy atom. The first-order valence-electron chi connectivity index (χ1n) is 10.2. The smallest absolute Gasteiger partial charge is 0.193 e.